The van der Waals surface area contributed by atoms with E-state index in [1.807, 2.05) is 25.1 Å². The standard InChI is InChI=1S/C27H28ClN7O2S/c1-2-18-22(28)21-23(31-18)32-26(33-24(21)34-11-16-17(12-34)27(16,30)25(29)36)38-15-8-7-14-9-13-5-3-4-6-19(13)35(37)20(14)10-15/h7-10,16-17H,2-6,11-12,30H2,1H3,(H2,29,36)(H,31,32,33). The predicted molar refractivity (Wildman–Crippen MR) is 147 cm³/mol. The molecule has 7 rings (SSSR count). The van der Waals surface area contributed by atoms with Crippen molar-refractivity contribution in [3.63, 3.8) is 0 Å². The lowest BCUT2D eigenvalue weighted by atomic mass is 9.94. The molecule has 2 unspecified atom stereocenters. The summed E-state index contributed by atoms with van der Waals surface area (Å²) in [5.41, 5.74) is 15.2. The second-order valence-electron chi connectivity index (χ2n) is 10.7. The molecule has 1 aliphatic heterocycles. The van der Waals surface area contributed by atoms with Crippen molar-refractivity contribution in [1.29, 1.82) is 0 Å². The number of aryl methyl sites for hydroxylation is 2. The Bertz CT molecular complexity index is 1640. The number of anilines is 1. The summed E-state index contributed by atoms with van der Waals surface area (Å²) in [6.07, 6.45) is 4.69. The van der Waals surface area contributed by atoms with Gasteiger partial charge in [0.15, 0.2) is 10.9 Å². The summed E-state index contributed by atoms with van der Waals surface area (Å²) in [7, 11) is 0. The maximum absolute atomic E-state index is 13.2. The number of fused-ring (bicyclic) bond motifs is 4. The number of piperidine rings is 1. The van der Waals surface area contributed by atoms with Gasteiger partial charge in [-0.2, -0.15) is 4.73 Å². The highest BCUT2D eigenvalue weighted by Gasteiger charge is 2.70. The quantitative estimate of drug-likeness (QED) is 0.197. The number of hydrogen-bond acceptors (Lipinski definition) is 7. The number of primary amides is 1. The van der Waals surface area contributed by atoms with Crippen molar-refractivity contribution in [1.82, 2.24) is 15.0 Å². The second kappa shape index (κ2) is 8.46. The van der Waals surface area contributed by atoms with Crippen LogP contribution in [0.25, 0.3) is 21.9 Å². The zero-order valence-electron chi connectivity index (χ0n) is 21.0. The maximum atomic E-state index is 13.2. The first-order chi connectivity index (χ1) is 18.3. The molecule has 2 fully saturated rings. The Morgan fingerprint density at radius 3 is 2.76 bits per heavy atom. The van der Waals surface area contributed by atoms with E-state index in [-0.39, 0.29) is 11.8 Å². The van der Waals surface area contributed by atoms with Crippen LogP contribution < -0.4 is 21.1 Å². The molecule has 0 spiro atoms. The Morgan fingerprint density at radius 1 is 1.26 bits per heavy atom. The number of H-pyrrole nitrogens is 1. The molecule has 2 aliphatic carbocycles. The molecule has 1 aromatic carbocycles. The molecule has 0 bridgehead atoms. The summed E-state index contributed by atoms with van der Waals surface area (Å²) < 4.78 is 1.11. The van der Waals surface area contributed by atoms with Gasteiger partial charge in [0.25, 0.3) is 0 Å². The van der Waals surface area contributed by atoms with Crippen LogP contribution >= 0.6 is 23.4 Å². The van der Waals surface area contributed by atoms with Gasteiger partial charge in [-0.3, -0.25) is 4.79 Å². The van der Waals surface area contributed by atoms with Crippen molar-refractivity contribution in [2.45, 2.75) is 54.6 Å². The van der Waals surface area contributed by atoms with Gasteiger partial charge in [0.2, 0.25) is 11.4 Å². The van der Waals surface area contributed by atoms with Gasteiger partial charge in [-0.25, -0.2) is 9.97 Å². The fraction of sp³-hybridized carbons (Fsp3) is 0.407. The minimum Gasteiger partial charge on any atom is -0.618 e. The number of hydrogen-bond donors (Lipinski definition) is 3. The molecule has 4 heterocycles. The molecule has 4 aromatic rings. The monoisotopic (exact) mass is 549 g/mol. The van der Waals surface area contributed by atoms with Crippen LogP contribution in [0.15, 0.2) is 34.3 Å². The van der Waals surface area contributed by atoms with Gasteiger partial charge in [-0.1, -0.05) is 18.5 Å². The van der Waals surface area contributed by atoms with Gasteiger partial charge in [-0.05, 0) is 55.6 Å². The number of carbonyl (C=O) groups is 1. The molecule has 0 radical (unpaired) electrons. The lowest BCUT2D eigenvalue weighted by Gasteiger charge is -2.24. The Balaban J connectivity index is 1.27. The summed E-state index contributed by atoms with van der Waals surface area (Å²) in [4.78, 5) is 28.0. The third-order valence-corrected chi connectivity index (χ3v) is 9.90. The first-order valence-corrected chi connectivity index (χ1v) is 14.3. The van der Waals surface area contributed by atoms with Crippen LogP contribution in [-0.2, 0) is 24.1 Å². The number of nitrogens with one attached hydrogen (secondary N) is 1. The Morgan fingerprint density at radius 2 is 2.03 bits per heavy atom. The number of aromatic nitrogens is 4. The third kappa shape index (κ3) is 3.43. The Kier molecular flexibility index (Phi) is 5.34. The first-order valence-electron chi connectivity index (χ1n) is 13.1. The van der Waals surface area contributed by atoms with Crippen molar-refractivity contribution in [2.75, 3.05) is 18.0 Å². The van der Waals surface area contributed by atoms with E-state index in [1.54, 1.807) is 0 Å². The van der Waals surface area contributed by atoms with E-state index in [4.69, 9.17) is 33.0 Å². The molecule has 3 aromatic heterocycles. The minimum atomic E-state index is -0.936. The maximum Gasteiger partial charge on any atom is 0.238 e. The molecule has 11 heteroatoms. The molecule has 9 nitrogen and oxygen atoms in total. The first kappa shape index (κ1) is 24.0. The summed E-state index contributed by atoms with van der Waals surface area (Å²) in [5, 5.41) is 16.1. The van der Waals surface area contributed by atoms with Crippen molar-refractivity contribution in [3.8, 4) is 0 Å². The van der Waals surface area contributed by atoms with Gasteiger partial charge in [0.05, 0.1) is 10.4 Å². The van der Waals surface area contributed by atoms with E-state index < -0.39 is 11.4 Å². The zero-order valence-corrected chi connectivity index (χ0v) is 22.5. The van der Waals surface area contributed by atoms with E-state index in [0.29, 0.717) is 34.4 Å². The number of nitrogens with zero attached hydrogens (tertiary/aromatic N) is 4. The molecule has 38 heavy (non-hydrogen) atoms. The third-order valence-electron chi connectivity index (χ3n) is 8.63. The summed E-state index contributed by atoms with van der Waals surface area (Å²) >= 11 is 8.18. The smallest absolute Gasteiger partial charge is 0.238 e. The van der Waals surface area contributed by atoms with Crippen molar-refractivity contribution in [3.05, 3.63) is 51.4 Å². The van der Waals surface area contributed by atoms with Crippen LogP contribution in [0.1, 0.15) is 36.7 Å². The highest BCUT2D eigenvalue weighted by molar-refractivity contribution is 7.99. The molecular weight excluding hydrogens is 522 g/mol. The molecule has 3 aliphatic rings. The van der Waals surface area contributed by atoms with Gasteiger partial charge >= 0.3 is 0 Å². The van der Waals surface area contributed by atoms with E-state index in [1.165, 1.54) is 11.8 Å². The van der Waals surface area contributed by atoms with Crippen molar-refractivity contribution < 1.29 is 9.52 Å². The van der Waals surface area contributed by atoms with Gasteiger partial charge in [-0.15, -0.1) is 0 Å². The van der Waals surface area contributed by atoms with Gasteiger partial charge < -0.3 is 26.6 Å². The number of benzene rings is 1. The van der Waals surface area contributed by atoms with Crippen molar-refractivity contribution in [2.24, 2.45) is 23.3 Å². The van der Waals surface area contributed by atoms with Crippen LogP contribution in [0.4, 0.5) is 5.82 Å². The van der Waals surface area contributed by atoms with Crippen molar-refractivity contribution >= 4 is 57.0 Å². The van der Waals surface area contributed by atoms with E-state index in [2.05, 4.69) is 16.0 Å². The molecular formula is C27H28ClN7O2S. The highest BCUT2D eigenvalue weighted by atomic mass is 35.5. The Labute approximate surface area is 228 Å². The van der Waals surface area contributed by atoms with Crippen LogP contribution in [0.5, 0.6) is 0 Å². The number of pyridine rings is 1. The van der Waals surface area contributed by atoms with E-state index in [0.717, 1.165) is 75.3 Å². The SMILES string of the molecule is CCc1[nH]c2nc(Sc3ccc4cc5c([n+]([O-])c4c3)CCCC5)nc(N3CC4C(C3)C4(N)C(N)=O)c2c1Cl. The number of carbonyl (C=O) groups excluding carboxylic acids is 1. The fourth-order valence-electron chi connectivity index (χ4n) is 6.42. The molecule has 2 atom stereocenters. The van der Waals surface area contributed by atoms with Crippen LogP contribution in [0.3, 0.4) is 0 Å². The fourth-order valence-corrected chi connectivity index (χ4v) is 7.56. The van der Waals surface area contributed by atoms with Crippen LogP contribution in [-0.4, -0.2) is 39.5 Å². The molecule has 196 valence electrons. The highest BCUT2D eigenvalue weighted by Crippen LogP contribution is 2.54. The number of nitrogens with two attached hydrogens (primary N) is 2. The largest absolute Gasteiger partial charge is 0.618 e. The number of halogens is 1. The molecule has 5 N–H and O–H groups in total. The summed E-state index contributed by atoms with van der Waals surface area (Å²) in [6, 6.07) is 8.09. The average Bonchev–Trinajstić information content (AvgIpc) is 3.21. The van der Waals surface area contributed by atoms with Gasteiger partial charge in [0.1, 0.15) is 17.0 Å². The second-order valence-corrected chi connectivity index (χ2v) is 12.1. The van der Waals surface area contributed by atoms with E-state index in [9.17, 15) is 10.0 Å². The number of rotatable bonds is 5. The molecule has 1 amide bonds. The molecule has 1 saturated heterocycles. The number of aromatic amines is 1. The van der Waals surface area contributed by atoms with E-state index >= 15 is 0 Å². The minimum absolute atomic E-state index is 0.00315. The normalized spacial score (nSPS) is 24.1. The van der Waals surface area contributed by atoms with Crippen LogP contribution in [0.2, 0.25) is 5.02 Å². The average molecular weight is 550 g/mol. The summed E-state index contributed by atoms with van der Waals surface area (Å²) in [6.45, 7) is 3.20. The molecule has 1 saturated carbocycles. The van der Waals surface area contributed by atoms with Gasteiger partial charge in [0, 0.05) is 59.0 Å². The number of amides is 1. The summed E-state index contributed by atoms with van der Waals surface area (Å²) in [5.74, 6) is 0.287. The van der Waals surface area contributed by atoms with Crippen LogP contribution in [0, 0.1) is 17.0 Å². The predicted octanol–water partition coefficient (Wildman–Crippen LogP) is 3.24. The zero-order chi connectivity index (χ0) is 26.3. The lowest BCUT2D eigenvalue weighted by molar-refractivity contribution is -0.587. The topological polar surface area (TPSA) is 141 Å². The Hall–Kier alpha value is -3.08. The lowest BCUT2D eigenvalue weighted by Crippen LogP contribution is -2.47.